The van der Waals surface area contributed by atoms with Gasteiger partial charge in [-0.2, -0.15) is 0 Å². The third-order valence-corrected chi connectivity index (χ3v) is 5.55. The summed E-state index contributed by atoms with van der Waals surface area (Å²) in [6, 6.07) is 16.3. The minimum absolute atomic E-state index is 1.09. The van der Waals surface area contributed by atoms with E-state index in [1.807, 2.05) is 0 Å². The second-order valence-corrected chi connectivity index (χ2v) is 7.96. The number of unbranched alkanes of at least 4 members (excludes halogenated alkanes) is 4. The third-order valence-electron chi connectivity index (χ3n) is 5.55. The minimum Gasteiger partial charge on any atom is -0.0955 e. The van der Waals surface area contributed by atoms with Crippen molar-refractivity contribution in [1.82, 2.24) is 0 Å². The zero-order valence-electron chi connectivity index (χ0n) is 17.8. The van der Waals surface area contributed by atoms with Crippen LogP contribution in [-0.2, 0) is 25.7 Å². The van der Waals surface area contributed by atoms with Crippen LogP contribution in [0, 0.1) is 0 Å². The molecule has 0 unspecified atom stereocenters. The highest BCUT2D eigenvalue weighted by molar-refractivity contribution is 5.65. The van der Waals surface area contributed by atoms with Gasteiger partial charge in [0.25, 0.3) is 0 Å². The molecule has 0 radical (unpaired) electrons. The molecule has 0 heteroatoms. The number of aryl methyl sites for hydroxylation is 4. The molecule has 0 atom stereocenters. The van der Waals surface area contributed by atoms with Crippen LogP contribution >= 0.6 is 0 Å². The van der Waals surface area contributed by atoms with E-state index >= 15 is 0 Å². The third kappa shape index (κ3) is 7.37. The fraction of sp³-hybridized carbons (Fsp3) is 0.481. The lowest BCUT2D eigenvalue weighted by molar-refractivity contribution is 0.666. The van der Waals surface area contributed by atoms with Crippen LogP contribution in [0.2, 0.25) is 0 Å². The molecule has 0 spiro atoms. The summed E-state index contributed by atoms with van der Waals surface area (Å²) in [5.74, 6) is 0. The molecular weight excluding hydrogens is 324 g/mol. The van der Waals surface area contributed by atoms with Crippen LogP contribution in [0.3, 0.4) is 0 Å². The maximum Gasteiger partial charge on any atom is -0.0198 e. The van der Waals surface area contributed by atoms with E-state index in [0.717, 1.165) is 12.8 Å². The van der Waals surface area contributed by atoms with Crippen LogP contribution in [0.4, 0.5) is 0 Å². The first kappa shape index (κ1) is 21.5. The van der Waals surface area contributed by atoms with Crippen LogP contribution in [0.1, 0.15) is 87.1 Å². The highest BCUT2D eigenvalue weighted by Gasteiger charge is 2.05. The monoisotopic (exact) mass is 362 g/mol. The van der Waals surface area contributed by atoms with Crippen molar-refractivity contribution in [3.8, 4) is 0 Å². The molecule has 0 saturated heterocycles. The van der Waals surface area contributed by atoms with Crippen molar-refractivity contribution < 1.29 is 0 Å². The van der Waals surface area contributed by atoms with Gasteiger partial charge in [-0.25, -0.2) is 0 Å². The molecule has 0 amide bonds. The van der Waals surface area contributed by atoms with Crippen LogP contribution in [0.15, 0.2) is 49.0 Å². The maximum atomic E-state index is 4.18. The van der Waals surface area contributed by atoms with Crippen molar-refractivity contribution in [1.29, 1.82) is 0 Å². The molecule has 2 rings (SSSR count). The van der Waals surface area contributed by atoms with Crippen LogP contribution < -0.4 is 0 Å². The van der Waals surface area contributed by atoms with Crippen molar-refractivity contribution in [3.05, 3.63) is 76.9 Å². The molecule has 27 heavy (non-hydrogen) atoms. The van der Waals surface area contributed by atoms with E-state index in [1.54, 1.807) is 0 Å². The Morgan fingerprint density at radius 3 is 1.81 bits per heavy atom. The zero-order valence-corrected chi connectivity index (χ0v) is 17.8. The Bertz CT molecular complexity index is 690. The summed E-state index contributed by atoms with van der Waals surface area (Å²) < 4.78 is 0. The Kier molecular flexibility index (Phi) is 9.39. The van der Waals surface area contributed by atoms with Gasteiger partial charge in [0.15, 0.2) is 0 Å². The Hall–Kier alpha value is -1.82. The normalized spacial score (nSPS) is 10.9. The van der Waals surface area contributed by atoms with Crippen LogP contribution in [-0.4, -0.2) is 0 Å². The number of hydrogen-bond acceptors (Lipinski definition) is 0. The first-order valence-electron chi connectivity index (χ1n) is 11.0. The largest absolute Gasteiger partial charge is 0.0955 e. The standard InChI is InChI=1S/C27H38/c1-5-7-8-9-12-24-15-17-25(18-16-24)13-10-11-14-26-20-19-23(6-2)21-27(26)22(3)4/h15-21H,3,5-14H2,1-2,4H3. The van der Waals surface area contributed by atoms with Crippen molar-refractivity contribution in [2.45, 2.75) is 85.0 Å². The minimum atomic E-state index is 1.09. The lowest BCUT2D eigenvalue weighted by Gasteiger charge is -2.11. The van der Waals surface area contributed by atoms with Gasteiger partial charge in [-0.05, 0) is 79.7 Å². The van der Waals surface area contributed by atoms with E-state index in [1.165, 1.54) is 84.8 Å². The van der Waals surface area contributed by atoms with E-state index in [4.69, 9.17) is 0 Å². The van der Waals surface area contributed by atoms with Gasteiger partial charge in [0.1, 0.15) is 0 Å². The quantitative estimate of drug-likeness (QED) is 0.336. The second-order valence-electron chi connectivity index (χ2n) is 7.96. The van der Waals surface area contributed by atoms with E-state index in [9.17, 15) is 0 Å². The van der Waals surface area contributed by atoms with Gasteiger partial charge in [0.2, 0.25) is 0 Å². The zero-order chi connectivity index (χ0) is 19.5. The second kappa shape index (κ2) is 11.8. The predicted molar refractivity (Wildman–Crippen MR) is 121 cm³/mol. The Balaban J connectivity index is 1.77. The number of rotatable bonds is 12. The molecule has 0 bridgehead atoms. The van der Waals surface area contributed by atoms with Gasteiger partial charge in [-0.1, -0.05) is 87.7 Å². The molecule has 0 heterocycles. The maximum absolute atomic E-state index is 4.18. The summed E-state index contributed by atoms with van der Waals surface area (Å²) in [4.78, 5) is 0. The van der Waals surface area contributed by atoms with E-state index in [2.05, 4.69) is 69.8 Å². The number of benzene rings is 2. The van der Waals surface area contributed by atoms with Gasteiger partial charge in [0, 0.05) is 0 Å². The number of allylic oxidation sites excluding steroid dienone is 1. The molecule has 146 valence electrons. The average molecular weight is 363 g/mol. The Labute approximate surface area is 167 Å². The molecule has 0 nitrogen and oxygen atoms in total. The van der Waals surface area contributed by atoms with Crippen LogP contribution in [0.5, 0.6) is 0 Å². The van der Waals surface area contributed by atoms with E-state index < -0.39 is 0 Å². The Morgan fingerprint density at radius 2 is 1.26 bits per heavy atom. The van der Waals surface area contributed by atoms with Crippen molar-refractivity contribution >= 4 is 5.57 Å². The van der Waals surface area contributed by atoms with Crippen LogP contribution in [0.25, 0.3) is 5.57 Å². The van der Waals surface area contributed by atoms with Gasteiger partial charge in [-0.15, -0.1) is 0 Å². The van der Waals surface area contributed by atoms with E-state index in [-0.39, 0.29) is 0 Å². The summed E-state index contributed by atoms with van der Waals surface area (Å²) in [6.45, 7) is 10.8. The lowest BCUT2D eigenvalue weighted by Crippen LogP contribution is -1.96. The summed E-state index contributed by atoms with van der Waals surface area (Å²) in [6.07, 6.45) is 12.5. The van der Waals surface area contributed by atoms with Gasteiger partial charge < -0.3 is 0 Å². The topological polar surface area (TPSA) is 0 Å². The molecule has 0 aliphatic heterocycles. The fourth-order valence-electron chi connectivity index (χ4n) is 3.73. The number of hydrogen-bond donors (Lipinski definition) is 0. The molecule has 0 fully saturated rings. The summed E-state index contributed by atoms with van der Waals surface area (Å²) in [7, 11) is 0. The summed E-state index contributed by atoms with van der Waals surface area (Å²) in [5.41, 5.74) is 8.40. The first-order valence-corrected chi connectivity index (χ1v) is 11.0. The fourth-order valence-corrected chi connectivity index (χ4v) is 3.73. The molecular formula is C27H38. The molecule has 2 aromatic rings. The predicted octanol–water partition coefficient (Wildman–Crippen LogP) is 7.97. The average Bonchev–Trinajstić information content (AvgIpc) is 2.69. The Morgan fingerprint density at radius 1 is 0.704 bits per heavy atom. The molecule has 2 aromatic carbocycles. The van der Waals surface area contributed by atoms with Gasteiger partial charge in [0.05, 0.1) is 0 Å². The first-order chi connectivity index (χ1) is 13.1. The van der Waals surface area contributed by atoms with Crippen molar-refractivity contribution in [2.24, 2.45) is 0 Å². The highest BCUT2D eigenvalue weighted by Crippen LogP contribution is 2.22. The molecule has 0 aliphatic carbocycles. The lowest BCUT2D eigenvalue weighted by atomic mass is 9.94. The molecule has 0 aromatic heterocycles. The smallest absolute Gasteiger partial charge is 0.0198 e. The van der Waals surface area contributed by atoms with Crippen molar-refractivity contribution in [3.63, 3.8) is 0 Å². The van der Waals surface area contributed by atoms with Gasteiger partial charge >= 0.3 is 0 Å². The van der Waals surface area contributed by atoms with E-state index in [0.29, 0.717) is 0 Å². The SMILES string of the molecule is C=C(C)c1cc(CC)ccc1CCCCc1ccc(CCCCCC)cc1. The molecule has 0 saturated carbocycles. The molecule has 0 N–H and O–H groups in total. The molecule has 0 aliphatic rings. The summed E-state index contributed by atoms with van der Waals surface area (Å²) >= 11 is 0. The summed E-state index contributed by atoms with van der Waals surface area (Å²) in [5, 5.41) is 0. The van der Waals surface area contributed by atoms with Gasteiger partial charge in [-0.3, -0.25) is 0 Å². The van der Waals surface area contributed by atoms with Crippen molar-refractivity contribution in [2.75, 3.05) is 0 Å². The highest BCUT2D eigenvalue weighted by atomic mass is 14.1.